The Labute approximate surface area is 174 Å². The second-order valence-corrected chi connectivity index (χ2v) is 9.57. The van der Waals surface area contributed by atoms with Crippen molar-refractivity contribution in [1.82, 2.24) is 25.4 Å². The predicted octanol–water partition coefficient (Wildman–Crippen LogP) is 3.94. The van der Waals surface area contributed by atoms with Gasteiger partial charge in [0, 0.05) is 23.9 Å². The van der Waals surface area contributed by atoms with Gasteiger partial charge < -0.3 is 10.2 Å². The van der Waals surface area contributed by atoms with Gasteiger partial charge in [-0.1, -0.05) is 26.8 Å². The molecule has 2 heterocycles. The molecule has 0 saturated heterocycles. The lowest BCUT2D eigenvalue weighted by Gasteiger charge is -2.37. The molecule has 0 bridgehead atoms. The third-order valence-electron chi connectivity index (χ3n) is 6.05. The van der Waals surface area contributed by atoms with Crippen LogP contribution >= 0.6 is 0 Å². The average molecular weight is 398 g/mol. The Morgan fingerprint density at radius 1 is 1.24 bits per heavy atom. The standard InChI is InChI=1S/C23H35N5O/c1-23(2,3)20-14-19(26-27-20)22(29)25-15-16-9-11-17(12-10-16)21(28(4)5)18-8-6-7-13-24-18/h6-8,13-14,16-17,21H,9-12,15H2,1-5H3,(H,25,29)(H,26,27). The van der Waals surface area contributed by atoms with Crippen LogP contribution in [0.3, 0.4) is 0 Å². The summed E-state index contributed by atoms with van der Waals surface area (Å²) in [5, 5.41) is 10.3. The highest BCUT2D eigenvalue weighted by atomic mass is 16.1. The first-order valence-corrected chi connectivity index (χ1v) is 10.7. The number of aromatic nitrogens is 3. The van der Waals surface area contributed by atoms with Gasteiger partial charge in [-0.2, -0.15) is 5.10 Å². The second kappa shape index (κ2) is 9.08. The quantitative estimate of drug-likeness (QED) is 0.774. The van der Waals surface area contributed by atoms with E-state index in [1.807, 2.05) is 18.3 Å². The van der Waals surface area contributed by atoms with E-state index in [4.69, 9.17) is 0 Å². The van der Waals surface area contributed by atoms with E-state index in [-0.39, 0.29) is 11.3 Å². The molecular formula is C23H35N5O. The summed E-state index contributed by atoms with van der Waals surface area (Å²) in [6, 6.07) is 8.39. The van der Waals surface area contributed by atoms with Crippen molar-refractivity contribution in [3.05, 3.63) is 47.5 Å². The van der Waals surface area contributed by atoms with Crippen LogP contribution < -0.4 is 5.32 Å². The maximum atomic E-state index is 12.5. The predicted molar refractivity (Wildman–Crippen MR) is 116 cm³/mol. The zero-order chi connectivity index (χ0) is 21.0. The number of aromatic amines is 1. The molecule has 0 aromatic carbocycles. The first-order chi connectivity index (χ1) is 13.8. The fourth-order valence-electron chi connectivity index (χ4n) is 4.34. The van der Waals surface area contributed by atoms with Crippen LogP contribution in [-0.4, -0.2) is 46.6 Å². The first kappa shape index (κ1) is 21.5. The minimum absolute atomic E-state index is 0.0412. The molecule has 2 aromatic heterocycles. The van der Waals surface area contributed by atoms with Crippen molar-refractivity contribution in [1.29, 1.82) is 0 Å². The fourth-order valence-corrected chi connectivity index (χ4v) is 4.34. The Kier molecular flexibility index (Phi) is 6.73. The Balaban J connectivity index is 1.51. The minimum atomic E-state index is -0.0847. The summed E-state index contributed by atoms with van der Waals surface area (Å²) in [6.07, 6.45) is 6.48. The molecule has 2 aromatic rings. The third kappa shape index (κ3) is 5.44. The number of nitrogens with one attached hydrogen (secondary N) is 2. The maximum absolute atomic E-state index is 12.5. The number of carbonyl (C=O) groups excluding carboxylic acids is 1. The van der Waals surface area contributed by atoms with E-state index >= 15 is 0 Å². The summed E-state index contributed by atoms with van der Waals surface area (Å²) < 4.78 is 0. The Morgan fingerprint density at radius 3 is 2.52 bits per heavy atom. The molecule has 1 unspecified atom stereocenters. The number of rotatable bonds is 6. The SMILES string of the molecule is CN(C)C(c1ccccn1)C1CCC(CNC(=O)c2cc(C(C)(C)C)[nH]n2)CC1. The molecule has 0 spiro atoms. The van der Waals surface area contributed by atoms with E-state index in [0.717, 1.165) is 43.6 Å². The molecule has 158 valence electrons. The minimum Gasteiger partial charge on any atom is -0.350 e. The van der Waals surface area contributed by atoms with Crippen molar-refractivity contribution >= 4 is 5.91 Å². The van der Waals surface area contributed by atoms with Crippen LogP contribution in [0.1, 0.15) is 74.4 Å². The molecule has 29 heavy (non-hydrogen) atoms. The van der Waals surface area contributed by atoms with Gasteiger partial charge in [0.25, 0.3) is 5.91 Å². The first-order valence-electron chi connectivity index (χ1n) is 10.7. The van der Waals surface area contributed by atoms with Crippen molar-refractivity contribution in [2.75, 3.05) is 20.6 Å². The number of pyridine rings is 1. The second-order valence-electron chi connectivity index (χ2n) is 9.57. The lowest BCUT2D eigenvalue weighted by molar-refractivity contribution is 0.0929. The van der Waals surface area contributed by atoms with Crippen molar-refractivity contribution in [3.63, 3.8) is 0 Å². The largest absolute Gasteiger partial charge is 0.350 e. The van der Waals surface area contributed by atoms with E-state index in [1.165, 1.54) is 0 Å². The van der Waals surface area contributed by atoms with Crippen LogP contribution in [0.4, 0.5) is 0 Å². The summed E-state index contributed by atoms with van der Waals surface area (Å²) in [5.74, 6) is 1.05. The Morgan fingerprint density at radius 2 is 1.97 bits per heavy atom. The average Bonchev–Trinajstić information content (AvgIpc) is 3.19. The Hall–Kier alpha value is -2.21. The van der Waals surface area contributed by atoms with Crippen molar-refractivity contribution < 1.29 is 4.79 Å². The number of hydrogen-bond donors (Lipinski definition) is 2. The smallest absolute Gasteiger partial charge is 0.271 e. The highest BCUT2D eigenvalue weighted by Crippen LogP contribution is 2.38. The maximum Gasteiger partial charge on any atom is 0.271 e. The summed E-state index contributed by atoms with van der Waals surface area (Å²) in [5.41, 5.74) is 2.57. The zero-order valence-electron chi connectivity index (χ0n) is 18.4. The van der Waals surface area contributed by atoms with Crippen molar-refractivity contribution in [2.45, 2.75) is 57.9 Å². The number of amides is 1. The lowest BCUT2D eigenvalue weighted by atomic mass is 9.77. The molecule has 1 fully saturated rings. The molecule has 0 radical (unpaired) electrons. The normalized spacial score (nSPS) is 21.2. The van der Waals surface area contributed by atoms with Gasteiger partial charge in [-0.25, -0.2) is 0 Å². The number of carbonyl (C=O) groups is 1. The zero-order valence-corrected chi connectivity index (χ0v) is 18.4. The van der Waals surface area contributed by atoms with Crippen LogP contribution in [-0.2, 0) is 5.41 Å². The highest BCUT2D eigenvalue weighted by molar-refractivity contribution is 5.92. The number of hydrogen-bond acceptors (Lipinski definition) is 4. The van der Waals surface area contributed by atoms with E-state index in [0.29, 0.717) is 23.6 Å². The summed E-state index contributed by atoms with van der Waals surface area (Å²) in [4.78, 5) is 19.4. The summed E-state index contributed by atoms with van der Waals surface area (Å²) in [7, 11) is 4.28. The third-order valence-corrected chi connectivity index (χ3v) is 6.05. The Bertz CT molecular complexity index is 785. The molecule has 6 nitrogen and oxygen atoms in total. The molecule has 1 amide bonds. The van der Waals surface area contributed by atoms with Crippen LogP contribution in [0.5, 0.6) is 0 Å². The molecular weight excluding hydrogens is 362 g/mol. The van der Waals surface area contributed by atoms with Gasteiger partial charge in [-0.05, 0) is 69.8 Å². The number of nitrogens with zero attached hydrogens (tertiary/aromatic N) is 3. The summed E-state index contributed by atoms with van der Waals surface area (Å²) >= 11 is 0. The van der Waals surface area contributed by atoms with Gasteiger partial charge in [-0.15, -0.1) is 0 Å². The molecule has 3 rings (SSSR count). The topological polar surface area (TPSA) is 73.9 Å². The van der Waals surface area contributed by atoms with Crippen LogP contribution in [0.15, 0.2) is 30.5 Å². The molecule has 2 N–H and O–H groups in total. The van der Waals surface area contributed by atoms with Crippen LogP contribution in [0.25, 0.3) is 0 Å². The van der Waals surface area contributed by atoms with Crippen molar-refractivity contribution in [3.8, 4) is 0 Å². The number of H-pyrrole nitrogens is 1. The van der Waals surface area contributed by atoms with Gasteiger partial charge in [0.2, 0.25) is 0 Å². The molecule has 6 heteroatoms. The van der Waals surface area contributed by atoms with Gasteiger partial charge in [0.05, 0.1) is 11.7 Å². The molecule has 1 atom stereocenters. The lowest BCUT2D eigenvalue weighted by Crippen LogP contribution is -2.35. The van der Waals surface area contributed by atoms with E-state index in [1.54, 1.807) is 0 Å². The van der Waals surface area contributed by atoms with Gasteiger partial charge in [-0.3, -0.25) is 14.9 Å². The van der Waals surface area contributed by atoms with E-state index < -0.39 is 0 Å². The summed E-state index contributed by atoms with van der Waals surface area (Å²) in [6.45, 7) is 7.03. The van der Waals surface area contributed by atoms with Crippen molar-refractivity contribution in [2.24, 2.45) is 11.8 Å². The van der Waals surface area contributed by atoms with Gasteiger partial charge in [0.1, 0.15) is 5.69 Å². The van der Waals surface area contributed by atoms with Gasteiger partial charge in [0.15, 0.2) is 0 Å². The molecule has 0 aliphatic heterocycles. The highest BCUT2D eigenvalue weighted by Gasteiger charge is 2.31. The van der Waals surface area contributed by atoms with Crippen LogP contribution in [0, 0.1) is 11.8 Å². The fraction of sp³-hybridized carbons (Fsp3) is 0.609. The monoisotopic (exact) mass is 397 g/mol. The van der Waals surface area contributed by atoms with E-state index in [9.17, 15) is 4.79 Å². The molecule has 1 aliphatic carbocycles. The molecule has 1 saturated carbocycles. The van der Waals surface area contributed by atoms with E-state index in [2.05, 4.69) is 72.4 Å². The van der Waals surface area contributed by atoms with Crippen LogP contribution in [0.2, 0.25) is 0 Å². The van der Waals surface area contributed by atoms with Gasteiger partial charge >= 0.3 is 0 Å². The molecule has 1 aliphatic rings.